The van der Waals surface area contributed by atoms with E-state index in [4.69, 9.17) is 18.9 Å². The number of carbonyl (C=O) groups is 2. The Morgan fingerprint density at radius 1 is 0.846 bits per heavy atom. The van der Waals surface area contributed by atoms with E-state index in [0.717, 1.165) is 11.1 Å². The van der Waals surface area contributed by atoms with E-state index >= 15 is 0 Å². The zero-order valence-corrected chi connectivity index (χ0v) is 22.0. The van der Waals surface area contributed by atoms with Crippen LogP contribution in [0.1, 0.15) is 25.0 Å². The molecule has 1 heterocycles. The molecule has 0 spiro atoms. The Balaban J connectivity index is 1.53. The molecule has 4 rings (SSSR count). The summed E-state index contributed by atoms with van der Waals surface area (Å²) in [6.45, 7) is 3.45. The van der Waals surface area contributed by atoms with E-state index in [1.54, 1.807) is 24.3 Å². The van der Waals surface area contributed by atoms with Crippen LogP contribution in [0.15, 0.2) is 84.9 Å². The molecule has 206 valence electrons. The topological polar surface area (TPSA) is 115 Å². The van der Waals surface area contributed by atoms with Crippen molar-refractivity contribution in [1.82, 2.24) is 5.32 Å². The average molecular weight is 535 g/mol. The van der Waals surface area contributed by atoms with E-state index in [1.165, 1.54) is 13.8 Å². The molecule has 39 heavy (non-hydrogen) atoms. The second-order valence-electron chi connectivity index (χ2n) is 9.35. The van der Waals surface area contributed by atoms with E-state index in [9.17, 15) is 14.7 Å². The molecule has 1 aliphatic heterocycles. The summed E-state index contributed by atoms with van der Waals surface area (Å²) >= 11 is 0. The number of carbonyl (C=O) groups excluding carboxylic acids is 2. The number of hydrogen-bond acceptors (Lipinski definition) is 7. The third kappa shape index (κ3) is 8.36. The second kappa shape index (κ2) is 13.9. The standard InChI is InChI=1S/C30H34N2O7/c1-20(33)31-24-13-15-25(16-14-24)38-30-27(32-21(2)34)29(37-18-23-11-7-4-8-12-23)28(35)26(39-30)19-36-17-22-9-5-3-6-10-22/h3-16,26-30,35H,17-19H2,1-2H3,(H,31,33)(H,32,34)/t26-,27+,28-,29-,30-/m1/s1. The average Bonchev–Trinajstić information content (AvgIpc) is 2.92. The molecule has 1 saturated heterocycles. The van der Waals surface area contributed by atoms with Gasteiger partial charge in [-0.05, 0) is 35.4 Å². The zero-order chi connectivity index (χ0) is 27.6. The first-order valence-corrected chi connectivity index (χ1v) is 12.8. The van der Waals surface area contributed by atoms with Crippen LogP contribution in [0.3, 0.4) is 0 Å². The molecular formula is C30H34N2O7. The fourth-order valence-corrected chi connectivity index (χ4v) is 4.33. The van der Waals surface area contributed by atoms with E-state index < -0.39 is 30.6 Å². The van der Waals surface area contributed by atoms with Gasteiger partial charge in [0.1, 0.15) is 30.1 Å². The number of aliphatic hydroxyl groups is 1. The number of rotatable bonds is 11. The smallest absolute Gasteiger partial charge is 0.223 e. The summed E-state index contributed by atoms with van der Waals surface area (Å²) in [6, 6.07) is 25.2. The molecule has 0 radical (unpaired) electrons. The molecule has 0 aliphatic carbocycles. The van der Waals surface area contributed by atoms with Crippen LogP contribution < -0.4 is 15.4 Å². The minimum Gasteiger partial charge on any atom is -0.463 e. The Morgan fingerprint density at radius 3 is 2.05 bits per heavy atom. The van der Waals surface area contributed by atoms with E-state index in [1.807, 2.05) is 60.7 Å². The highest BCUT2D eigenvalue weighted by Crippen LogP contribution is 2.28. The van der Waals surface area contributed by atoms with Crippen molar-refractivity contribution < 1.29 is 33.6 Å². The van der Waals surface area contributed by atoms with Crippen LogP contribution in [0.2, 0.25) is 0 Å². The third-order valence-electron chi connectivity index (χ3n) is 6.15. The predicted octanol–water partition coefficient (Wildman–Crippen LogP) is 3.42. The Morgan fingerprint density at radius 2 is 1.46 bits per heavy atom. The molecule has 1 fully saturated rings. The van der Waals surface area contributed by atoms with Crippen molar-refractivity contribution in [2.45, 2.75) is 57.7 Å². The van der Waals surface area contributed by atoms with Crippen LogP contribution in [0.4, 0.5) is 5.69 Å². The molecule has 0 aromatic heterocycles. The molecule has 3 N–H and O–H groups in total. The number of nitrogens with one attached hydrogen (secondary N) is 2. The maximum Gasteiger partial charge on any atom is 0.223 e. The number of anilines is 1. The Hall–Kier alpha value is -3.76. The van der Waals surface area contributed by atoms with E-state index in [-0.39, 0.29) is 25.0 Å². The van der Waals surface area contributed by atoms with Gasteiger partial charge in [0, 0.05) is 19.5 Å². The van der Waals surface area contributed by atoms with Crippen molar-refractivity contribution in [1.29, 1.82) is 0 Å². The van der Waals surface area contributed by atoms with Crippen molar-refractivity contribution in [3.8, 4) is 5.75 Å². The highest BCUT2D eigenvalue weighted by molar-refractivity contribution is 5.88. The lowest BCUT2D eigenvalue weighted by Gasteiger charge is -2.44. The first-order valence-electron chi connectivity index (χ1n) is 12.8. The van der Waals surface area contributed by atoms with Gasteiger partial charge in [-0.3, -0.25) is 9.59 Å². The fourth-order valence-electron chi connectivity index (χ4n) is 4.33. The van der Waals surface area contributed by atoms with Gasteiger partial charge in [0.15, 0.2) is 0 Å². The van der Waals surface area contributed by atoms with Gasteiger partial charge in [-0.25, -0.2) is 0 Å². The minimum atomic E-state index is -1.11. The monoisotopic (exact) mass is 534 g/mol. The molecule has 1 aliphatic rings. The first-order chi connectivity index (χ1) is 18.9. The van der Waals surface area contributed by atoms with Gasteiger partial charge in [0.05, 0.1) is 19.8 Å². The van der Waals surface area contributed by atoms with Crippen molar-refractivity contribution in [2.24, 2.45) is 0 Å². The summed E-state index contributed by atoms with van der Waals surface area (Å²) in [4.78, 5) is 23.5. The summed E-state index contributed by atoms with van der Waals surface area (Å²) < 4.78 is 24.4. The lowest BCUT2D eigenvalue weighted by atomic mass is 9.96. The summed E-state index contributed by atoms with van der Waals surface area (Å²) in [5.74, 6) is -0.0557. The summed E-state index contributed by atoms with van der Waals surface area (Å²) in [7, 11) is 0. The van der Waals surface area contributed by atoms with Gasteiger partial charge in [-0.2, -0.15) is 0 Å². The maximum atomic E-state index is 12.2. The maximum absolute atomic E-state index is 12.2. The van der Waals surface area contributed by atoms with Crippen LogP contribution >= 0.6 is 0 Å². The normalized spacial score (nSPS) is 22.6. The summed E-state index contributed by atoms with van der Waals surface area (Å²) in [6.07, 6.45) is -3.74. The van der Waals surface area contributed by atoms with Gasteiger partial charge in [0.25, 0.3) is 0 Å². The number of hydrogen-bond donors (Lipinski definition) is 3. The van der Waals surface area contributed by atoms with Crippen molar-refractivity contribution in [2.75, 3.05) is 11.9 Å². The predicted molar refractivity (Wildman–Crippen MR) is 145 cm³/mol. The first kappa shape index (κ1) is 28.3. The SMILES string of the molecule is CC(=O)Nc1ccc(O[C@@H]2O[C@H](COCc3ccccc3)[C@@H](O)[C@H](OCc3ccccc3)[C@@H]2NC(C)=O)cc1. The second-order valence-corrected chi connectivity index (χ2v) is 9.35. The largest absolute Gasteiger partial charge is 0.463 e. The molecule has 9 heteroatoms. The molecule has 0 unspecified atom stereocenters. The molecule has 0 bridgehead atoms. The number of benzene rings is 3. The molecule has 2 amide bonds. The van der Waals surface area contributed by atoms with Gasteiger partial charge >= 0.3 is 0 Å². The summed E-state index contributed by atoms with van der Waals surface area (Å²) in [5, 5.41) is 16.9. The van der Waals surface area contributed by atoms with Crippen LogP contribution in [-0.2, 0) is 37.0 Å². The number of amides is 2. The molecule has 3 aromatic rings. The summed E-state index contributed by atoms with van der Waals surface area (Å²) in [5.41, 5.74) is 2.52. The van der Waals surface area contributed by atoms with Gasteiger partial charge in [0.2, 0.25) is 18.1 Å². The van der Waals surface area contributed by atoms with Gasteiger partial charge in [-0.1, -0.05) is 60.7 Å². The Kier molecular flexibility index (Phi) is 10.0. The molecule has 5 atom stereocenters. The fraction of sp³-hybridized carbons (Fsp3) is 0.333. The molecule has 0 saturated carbocycles. The quantitative estimate of drug-likeness (QED) is 0.345. The number of aliphatic hydroxyl groups excluding tert-OH is 1. The zero-order valence-electron chi connectivity index (χ0n) is 22.0. The molecule has 9 nitrogen and oxygen atoms in total. The van der Waals surface area contributed by atoms with Crippen molar-refractivity contribution in [3.05, 3.63) is 96.1 Å². The molecular weight excluding hydrogens is 500 g/mol. The van der Waals surface area contributed by atoms with Crippen LogP contribution in [0.5, 0.6) is 5.75 Å². The van der Waals surface area contributed by atoms with Crippen molar-refractivity contribution >= 4 is 17.5 Å². The highest BCUT2D eigenvalue weighted by atomic mass is 16.7. The van der Waals surface area contributed by atoms with E-state index in [0.29, 0.717) is 18.0 Å². The van der Waals surface area contributed by atoms with E-state index in [2.05, 4.69) is 10.6 Å². The van der Waals surface area contributed by atoms with Crippen LogP contribution in [-0.4, -0.2) is 54.2 Å². The van der Waals surface area contributed by atoms with Crippen molar-refractivity contribution in [3.63, 3.8) is 0 Å². The number of ether oxygens (including phenoxy) is 4. The van der Waals surface area contributed by atoms with Gasteiger partial charge < -0.3 is 34.7 Å². The van der Waals surface area contributed by atoms with Crippen LogP contribution in [0, 0.1) is 0 Å². The Bertz CT molecular complexity index is 1190. The third-order valence-corrected chi connectivity index (χ3v) is 6.15. The van der Waals surface area contributed by atoms with Gasteiger partial charge in [-0.15, -0.1) is 0 Å². The minimum absolute atomic E-state index is 0.0787. The molecule has 3 aromatic carbocycles. The highest BCUT2D eigenvalue weighted by Gasteiger charge is 2.48. The van der Waals surface area contributed by atoms with Crippen LogP contribution in [0.25, 0.3) is 0 Å². The Labute approximate surface area is 228 Å². The lowest BCUT2D eigenvalue weighted by Crippen LogP contribution is -2.66. The lowest BCUT2D eigenvalue weighted by molar-refractivity contribution is -0.258.